The van der Waals surface area contributed by atoms with E-state index in [2.05, 4.69) is 10.2 Å². The number of likely N-dealkylation sites (tertiary alicyclic amines) is 1. The summed E-state index contributed by atoms with van der Waals surface area (Å²) in [6, 6.07) is 0.618. The normalized spacial score (nSPS) is 25.6. The fourth-order valence-corrected chi connectivity index (χ4v) is 3.32. The summed E-state index contributed by atoms with van der Waals surface area (Å²) in [5, 5.41) is 3.74. The van der Waals surface area contributed by atoms with Gasteiger partial charge in [-0.25, -0.2) is 0 Å². The van der Waals surface area contributed by atoms with E-state index in [1.807, 2.05) is 0 Å². The smallest absolute Gasteiger partial charge is 0.306 e. The van der Waals surface area contributed by atoms with Crippen molar-refractivity contribution in [2.75, 3.05) is 33.3 Å². The maximum absolute atomic E-state index is 11.2. The molecule has 1 N–H and O–H groups in total. The summed E-state index contributed by atoms with van der Waals surface area (Å²) in [6.07, 6.45) is 8.69. The number of methoxy groups -OCH3 is 1. The molecule has 1 atom stereocenters. The van der Waals surface area contributed by atoms with E-state index < -0.39 is 0 Å². The summed E-state index contributed by atoms with van der Waals surface area (Å²) in [4.78, 5) is 13.6. The average Bonchev–Trinajstić information content (AvgIpc) is 2.96. The predicted octanol–water partition coefficient (Wildman–Crippen LogP) is 1.79. The van der Waals surface area contributed by atoms with Crippen LogP contribution in [-0.4, -0.2) is 50.2 Å². The van der Waals surface area contributed by atoms with Gasteiger partial charge in [-0.15, -0.1) is 0 Å². The maximum Gasteiger partial charge on any atom is 0.306 e. The molecular formula is C15H28N2O2. The standard InChI is InChI=1S/C15H28N2O2/c1-19-15(18)8-10-17-9-4-7-14(12-17)16-11-13-5-2-3-6-13/h13-14,16H,2-12H2,1H3. The predicted molar refractivity (Wildman–Crippen MR) is 76.1 cm³/mol. The molecule has 1 heterocycles. The maximum atomic E-state index is 11.2. The van der Waals surface area contributed by atoms with E-state index in [1.54, 1.807) is 0 Å². The van der Waals surface area contributed by atoms with Crippen LogP contribution in [-0.2, 0) is 9.53 Å². The Balaban J connectivity index is 1.63. The highest BCUT2D eigenvalue weighted by Gasteiger charge is 2.22. The summed E-state index contributed by atoms with van der Waals surface area (Å²) in [7, 11) is 1.46. The van der Waals surface area contributed by atoms with Crippen molar-refractivity contribution >= 4 is 5.97 Å². The molecule has 0 spiro atoms. The Morgan fingerprint density at radius 1 is 1.26 bits per heavy atom. The van der Waals surface area contributed by atoms with Gasteiger partial charge in [0.15, 0.2) is 0 Å². The van der Waals surface area contributed by atoms with E-state index in [0.717, 1.165) is 25.6 Å². The zero-order valence-corrected chi connectivity index (χ0v) is 12.2. The van der Waals surface area contributed by atoms with Gasteiger partial charge in [0.05, 0.1) is 13.5 Å². The monoisotopic (exact) mass is 268 g/mol. The first-order chi connectivity index (χ1) is 9.28. The van der Waals surface area contributed by atoms with Crippen molar-refractivity contribution in [3.05, 3.63) is 0 Å². The zero-order valence-electron chi connectivity index (χ0n) is 12.2. The van der Waals surface area contributed by atoms with Crippen LogP contribution in [0.15, 0.2) is 0 Å². The molecule has 110 valence electrons. The van der Waals surface area contributed by atoms with Crippen molar-refractivity contribution in [2.24, 2.45) is 5.92 Å². The minimum Gasteiger partial charge on any atom is -0.469 e. The Labute approximate surface area is 116 Å². The molecule has 0 aromatic rings. The van der Waals surface area contributed by atoms with E-state index in [4.69, 9.17) is 4.74 Å². The molecule has 1 unspecified atom stereocenters. The summed E-state index contributed by atoms with van der Waals surface area (Å²) in [5.74, 6) is 0.812. The molecule has 19 heavy (non-hydrogen) atoms. The van der Waals surface area contributed by atoms with Gasteiger partial charge in [0.25, 0.3) is 0 Å². The van der Waals surface area contributed by atoms with E-state index >= 15 is 0 Å². The van der Waals surface area contributed by atoms with E-state index in [9.17, 15) is 4.79 Å². The molecule has 0 aromatic carbocycles. The van der Waals surface area contributed by atoms with E-state index in [1.165, 1.54) is 52.2 Å². The number of ether oxygens (including phenoxy) is 1. The number of carbonyl (C=O) groups excluding carboxylic acids is 1. The minimum atomic E-state index is -0.0963. The van der Waals surface area contributed by atoms with Gasteiger partial charge >= 0.3 is 5.97 Å². The molecule has 1 aliphatic heterocycles. The topological polar surface area (TPSA) is 41.6 Å². The van der Waals surface area contributed by atoms with Gasteiger partial charge in [0, 0.05) is 19.1 Å². The van der Waals surface area contributed by atoms with Crippen molar-refractivity contribution in [2.45, 2.75) is 51.0 Å². The Hall–Kier alpha value is -0.610. The Morgan fingerprint density at radius 3 is 2.79 bits per heavy atom. The second-order valence-corrected chi connectivity index (χ2v) is 6.02. The number of nitrogens with one attached hydrogen (secondary N) is 1. The molecule has 0 amide bonds. The van der Waals surface area contributed by atoms with Gasteiger partial charge in [-0.3, -0.25) is 4.79 Å². The van der Waals surface area contributed by atoms with Crippen LogP contribution in [0.1, 0.15) is 44.9 Å². The van der Waals surface area contributed by atoms with Crippen LogP contribution < -0.4 is 5.32 Å². The van der Waals surface area contributed by atoms with Crippen molar-refractivity contribution in [1.82, 2.24) is 10.2 Å². The van der Waals surface area contributed by atoms with Crippen LogP contribution >= 0.6 is 0 Å². The fraction of sp³-hybridized carbons (Fsp3) is 0.933. The largest absolute Gasteiger partial charge is 0.469 e. The lowest BCUT2D eigenvalue weighted by Crippen LogP contribution is -2.47. The molecule has 2 rings (SSSR count). The highest BCUT2D eigenvalue weighted by Crippen LogP contribution is 2.24. The third-order valence-corrected chi connectivity index (χ3v) is 4.54. The van der Waals surface area contributed by atoms with Crippen LogP contribution in [0.4, 0.5) is 0 Å². The summed E-state index contributed by atoms with van der Waals surface area (Å²) in [6.45, 7) is 4.24. The average molecular weight is 268 g/mol. The second kappa shape index (κ2) is 7.85. The molecule has 1 saturated carbocycles. The quantitative estimate of drug-likeness (QED) is 0.746. The number of carbonyl (C=O) groups is 1. The number of rotatable bonds is 6. The van der Waals surface area contributed by atoms with Crippen molar-refractivity contribution in [1.29, 1.82) is 0 Å². The van der Waals surface area contributed by atoms with Gasteiger partial charge in [-0.2, -0.15) is 0 Å². The summed E-state index contributed by atoms with van der Waals surface area (Å²) in [5.41, 5.74) is 0. The highest BCUT2D eigenvalue weighted by atomic mass is 16.5. The first-order valence-corrected chi connectivity index (χ1v) is 7.80. The van der Waals surface area contributed by atoms with Crippen LogP contribution in [0.2, 0.25) is 0 Å². The lowest BCUT2D eigenvalue weighted by Gasteiger charge is -2.33. The number of nitrogens with zero attached hydrogens (tertiary/aromatic N) is 1. The first-order valence-electron chi connectivity index (χ1n) is 7.80. The van der Waals surface area contributed by atoms with Gasteiger partial charge in [0.2, 0.25) is 0 Å². The lowest BCUT2D eigenvalue weighted by atomic mass is 10.0. The number of esters is 1. The number of hydrogen-bond acceptors (Lipinski definition) is 4. The Kier molecular flexibility index (Phi) is 6.11. The van der Waals surface area contributed by atoms with Crippen molar-refractivity contribution in [3.8, 4) is 0 Å². The summed E-state index contributed by atoms with van der Waals surface area (Å²) >= 11 is 0. The van der Waals surface area contributed by atoms with Crippen LogP contribution in [0.25, 0.3) is 0 Å². The molecule has 0 aromatic heterocycles. The third kappa shape index (κ3) is 5.11. The van der Waals surface area contributed by atoms with Gasteiger partial charge in [-0.05, 0) is 44.7 Å². The zero-order chi connectivity index (χ0) is 13.5. The lowest BCUT2D eigenvalue weighted by molar-refractivity contribution is -0.141. The van der Waals surface area contributed by atoms with Gasteiger partial charge < -0.3 is 15.0 Å². The number of hydrogen-bond donors (Lipinski definition) is 1. The minimum absolute atomic E-state index is 0.0963. The molecule has 2 aliphatic rings. The molecule has 0 bridgehead atoms. The Morgan fingerprint density at radius 2 is 2.05 bits per heavy atom. The molecule has 2 fully saturated rings. The molecular weight excluding hydrogens is 240 g/mol. The van der Waals surface area contributed by atoms with Crippen LogP contribution in [0.3, 0.4) is 0 Å². The van der Waals surface area contributed by atoms with Crippen molar-refractivity contribution in [3.63, 3.8) is 0 Å². The van der Waals surface area contributed by atoms with Crippen LogP contribution in [0.5, 0.6) is 0 Å². The van der Waals surface area contributed by atoms with Gasteiger partial charge in [-0.1, -0.05) is 12.8 Å². The molecule has 4 heteroatoms. The highest BCUT2D eigenvalue weighted by molar-refractivity contribution is 5.69. The van der Waals surface area contributed by atoms with Gasteiger partial charge in [0.1, 0.15) is 0 Å². The second-order valence-electron chi connectivity index (χ2n) is 6.02. The van der Waals surface area contributed by atoms with E-state index in [-0.39, 0.29) is 5.97 Å². The SMILES string of the molecule is COC(=O)CCN1CCCC(NCC2CCCC2)C1. The Bertz CT molecular complexity index is 277. The molecule has 0 radical (unpaired) electrons. The molecule has 1 aliphatic carbocycles. The fourth-order valence-electron chi connectivity index (χ4n) is 3.32. The number of piperidine rings is 1. The van der Waals surface area contributed by atoms with Crippen LogP contribution in [0, 0.1) is 5.92 Å². The molecule has 4 nitrogen and oxygen atoms in total. The third-order valence-electron chi connectivity index (χ3n) is 4.54. The first kappa shape index (κ1) is 14.8. The summed E-state index contributed by atoms with van der Waals surface area (Å²) < 4.78 is 4.70. The molecule has 1 saturated heterocycles. The van der Waals surface area contributed by atoms with E-state index in [0.29, 0.717) is 12.5 Å². The van der Waals surface area contributed by atoms with Crippen molar-refractivity contribution < 1.29 is 9.53 Å².